The normalized spacial score (nSPS) is 19.6. The zero-order chi connectivity index (χ0) is 13.1. The van der Waals surface area contributed by atoms with Gasteiger partial charge < -0.3 is 4.90 Å². The Morgan fingerprint density at radius 1 is 1.39 bits per heavy atom. The zero-order valence-electron chi connectivity index (χ0n) is 11.0. The maximum Gasteiger partial charge on any atom is 0.253 e. The number of amides is 1. The number of alkyl halides is 1. The van der Waals surface area contributed by atoms with Crippen molar-refractivity contribution in [1.29, 1.82) is 0 Å². The van der Waals surface area contributed by atoms with E-state index in [4.69, 9.17) is 11.6 Å². The van der Waals surface area contributed by atoms with E-state index in [0.717, 1.165) is 25.1 Å². The third kappa shape index (κ3) is 2.86. The Morgan fingerprint density at radius 3 is 2.56 bits per heavy atom. The summed E-state index contributed by atoms with van der Waals surface area (Å²) in [5.41, 5.74) is 2.06. The molecule has 1 saturated heterocycles. The van der Waals surface area contributed by atoms with Gasteiger partial charge in [-0.2, -0.15) is 0 Å². The molecular formula is C15H20ClNO. The van der Waals surface area contributed by atoms with Crippen LogP contribution in [0, 0.1) is 5.92 Å². The Morgan fingerprint density at radius 2 is 2.06 bits per heavy atom. The first-order chi connectivity index (χ1) is 8.61. The number of benzene rings is 1. The molecule has 0 aliphatic carbocycles. The summed E-state index contributed by atoms with van der Waals surface area (Å²) in [6.45, 7) is 5.95. The minimum absolute atomic E-state index is 0.137. The van der Waals surface area contributed by atoms with Crippen LogP contribution in [-0.2, 0) is 0 Å². The predicted octanol–water partition coefficient (Wildman–Crippen LogP) is 3.51. The van der Waals surface area contributed by atoms with Gasteiger partial charge in [-0.05, 0) is 36.0 Å². The van der Waals surface area contributed by atoms with E-state index in [1.54, 1.807) is 0 Å². The molecule has 1 heterocycles. The Hall–Kier alpha value is -1.02. The molecule has 2 rings (SSSR count). The first-order valence-electron chi connectivity index (χ1n) is 6.57. The van der Waals surface area contributed by atoms with E-state index in [0.29, 0.717) is 17.7 Å². The quantitative estimate of drug-likeness (QED) is 0.766. The molecule has 98 valence electrons. The highest BCUT2D eigenvalue weighted by atomic mass is 35.5. The molecule has 1 aromatic carbocycles. The van der Waals surface area contributed by atoms with E-state index in [1.807, 2.05) is 29.2 Å². The number of hydrogen-bond acceptors (Lipinski definition) is 1. The third-order valence-corrected chi connectivity index (χ3v) is 4.05. The maximum atomic E-state index is 12.3. The van der Waals surface area contributed by atoms with Gasteiger partial charge in [0.1, 0.15) is 0 Å². The lowest BCUT2D eigenvalue weighted by molar-refractivity contribution is 0.0788. The summed E-state index contributed by atoms with van der Waals surface area (Å²) in [6, 6.07) is 7.97. The van der Waals surface area contributed by atoms with Crippen LogP contribution in [-0.4, -0.2) is 29.8 Å². The van der Waals surface area contributed by atoms with Crippen molar-refractivity contribution < 1.29 is 4.79 Å². The molecule has 1 aliphatic heterocycles. The van der Waals surface area contributed by atoms with Crippen LogP contribution in [0.1, 0.15) is 42.1 Å². The second-order valence-corrected chi connectivity index (χ2v) is 5.65. The van der Waals surface area contributed by atoms with Crippen LogP contribution in [0.2, 0.25) is 0 Å². The first kappa shape index (κ1) is 13.4. The summed E-state index contributed by atoms with van der Waals surface area (Å²) < 4.78 is 0. The largest absolute Gasteiger partial charge is 0.338 e. The fourth-order valence-electron chi connectivity index (χ4n) is 2.34. The van der Waals surface area contributed by atoms with Crippen LogP contribution in [0.5, 0.6) is 0 Å². The molecule has 1 aromatic rings. The van der Waals surface area contributed by atoms with Crippen molar-refractivity contribution in [3.05, 3.63) is 35.4 Å². The minimum Gasteiger partial charge on any atom is -0.338 e. The molecule has 0 bridgehead atoms. The number of hydrogen-bond donors (Lipinski definition) is 0. The molecule has 1 atom stereocenters. The van der Waals surface area contributed by atoms with Gasteiger partial charge in [-0.25, -0.2) is 0 Å². The van der Waals surface area contributed by atoms with E-state index in [2.05, 4.69) is 13.8 Å². The standard InChI is InChI=1S/C15H20ClNO/c1-11(2)13-3-5-14(6-4-13)15(18)17-8-7-12(9-16)10-17/h3-6,11-12H,7-10H2,1-2H3. The monoisotopic (exact) mass is 265 g/mol. The Labute approximate surface area is 114 Å². The van der Waals surface area contributed by atoms with E-state index in [9.17, 15) is 4.79 Å². The molecule has 1 aliphatic rings. The molecule has 1 fully saturated rings. The molecule has 1 amide bonds. The lowest BCUT2D eigenvalue weighted by Gasteiger charge is -2.16. The minimum atomic E-state index is 0.137. The van der Waals surface area contributed by atoms with Gasteiger partial charge in [0.25, 0.3) is 5.91 Å². The van der Waals surface area contributed by atoms with Gasteiger partial charge in [0.05, 0.1) is 0 Å². The Balaban J connectivity index is 2.05. The molecule has 0 spiro atoms. The molecule has 3 heteroatoms. The van der Waals surface area contributed by atoms with Gasteiger partial charge >= 0.3 is 0 Å². The average Bonchev–Trinajstić information content (AvgIpc) is 2.86. The van der Waals surface area contributed by atoms with Gasteiger partial charge in [0.2, 0.25) is 0 Å². The number of nitrogens with zero attached hydrogens (tertiary/aromatic N) is 1. The van der Waals surface area contributed by atoms with Gasteiger partial charge in [-0.15, -0.1) is 11.6 Å². The first-order valence-corrected chi connectivity index (χ1v) is 7.10. The van der Waals surface area contributed by atoms with Crippen LogP contribution in [0.3, 0.4) is 0 Å². The van der Waals surface area contributed by atoms with E-state index in [-0.39, 0.29) is 5.91 Å². The van der Waals surface area contributed by atoms with E-state index < -0.39 is 0 Å². The van der Waals surface area contributed by atoms with E-state index in [1.165, 1.54) is 5.56 Å². The van der Waals surface area contributed by atoms with Crippen molar-refractivity contribution >= 4 is 17.5 Å². The van der Waals surface area contributed by atoms with Crippen molar-refractivity contribution in [1.82, 2.24) is 4.90 Å². The summed E-state index contributed by atoms with van der Waals surface area (Å²) in [7, 11) is 0. The van der Waals surface area contributed by atoms with Crippen LogP contribution in [0.15, 0.2) is 24.3 Å². The number of carbonyl (C=O) groups excluding carboxylic acids is 1. The maximum absolute atomic E-state index is 12.3. The zero-order valence-corrected chi connectivity index (χ0v) is 11.8. The predicted molar refractivity (Wildman–Crippen MR) is 75.3 cm³/mol. The highest BCUT2D eigenvalue weighted by Gasteiger charge is 2.26. The van der Waals surface area contributed by atoms with Crippen LogP contribution < -0.4 is 0 Å². The Bertz CT molecular complexity index is 413. The lowest BCUT2D eigenvalue weighted by atomic mass is 10.0. The summed E-state index contributed by atoms with van der Waals surface area (Å²) in [4.78, 5) is 14.2. The van der Waals surface area contributed by atoms with Crippen LogP contribution in [0.25, 0.3) is 0 Å². The van der Waals surface area contributed by atoms with E-state index >= 15 is 0 Å². The molecular weight excluding hydrogens is 246 g/mol. The number of rotatable bonds is 3. The molecule has 0 radical (unpaired) electrons. The molecule has 2 nitrogen and oxygen atoms in total. The van der Waals surface area contributed by atoms with Crippen molar-refractivity contribution in [3.8, 4) is 0 Å². The SMILES string of the molecule is CC(C)c1ccc(C(=O)N2CCC(CCl)C2)cc1. The Kier molecular flexibility index (Phi) is 4.28. The van der Waals surface area contributed by atoms with Gasteiger partial charge in [0.15, 0.2) is 0 Å². The van der Waals surface area contributed by atoms with Crippen molar-refractivity contribution in [2.45, 2.75) is 26.2 Å². The van der Waals surface area contributed by atoms with Crippen LogP contribution in [0.4, 0.5) is 0 Å². The van der Waals surface area contributed by atoms with Gasteiger partial charge in [-0.1, -0.05) is 26.0 Å². The van der Waals surface area contributed by atoms with Gasteiger partial charge in [0, 0.05) is 24.5 Å². The molecule has 0 saturated carbocycles. The number of likely N-dealkylation sites (tertiary alicyclic amines) is 1. The van der Waals surface area contributed by atoms with Crippen LogP contribution >= 0.6 is 11.6 Å². The lowest BCUT2D eigenvalue weighted by Crippen LogP contribution is -2.28. The van der Waals surface area contributed by atoms with Crippen molar-refractivity contribution in [2.75, 3.05) is 19.0 Å². The average molecular weight is 266 g/mol. The summed E-state index contributed by atoms with van der Waals surface area (Å²) in [5.74, 6) is 1.75. The summed E-state index contributed by atoms with van der Waals surface area (Å²) >= 11 is 5.84. The number of carbonyl (C=O) groups is 1. The smallest absolute Gasteiger partial charge is 0.253 e. The number of halogens is 1. The van der Waals surface area contributed by atoms with Crippen molar-refractivity contribution in [2.24, 2.45) is 5.92 Å². The second-order valence-electron chi connectivity index (χ2n) is 5.34. The second kappa shape index (κ2) is 5.75. The fraction of sp³-hybridized carbons (Fsp3) is 0.533. The van der Waals surface area contributed by atoms with Crippen molar-refractivity contribution in [3.63, 3.8) is 0 Å². The summed E-state index contributed by atoms with van der Waals surface area (Å²) in [5, 5.41) is 0. The molecule has 0 N–H and O–H groups in total. The molecule has 18 heavy (non-hydrogen) atoms. The summed E-state index contributed by atoms with van der Waals surface area (Å²) in [6.07, 6.45) is 1.03. The fourth-order valence-corrected chi connectivity index (χ4v) is 2.59. The highest BCUT2D eigenvalue weighted by molar-refractivity contribution is 6.18. The highest BCUT2D eigenvalue weighted by Crippen LogP contribution is 2.21. The third-order valence-electron chi connectivity index (χ3n) is 3.62. The van der Waals surface area contributed by atoms with Gasteiger partial charge in [-0.3, -0.25) is 4.79 Å². The molecule has 0 aromatic heterocycles. The topological polar surface area (TPSA) is 20.3 Å². The molecule has 1 unspecified atom stereocenters.